The number of primary amides is 1. The summed E-state index contributed by atoms with van der Waals surface area (Å²) in [4.78, 5) is 23.6. The van der Waals surface area contributed by atoms with Gasteiger partial charge >= 0.3 is 11.8 Å². The average Bonchev–Trinajstić information content (AvgIpc) is 2.64. The number of hydrazone groups is 1. The third-order valence-electron chi connectivity index (χ3n) is 3.64. The van der Waals surface area contributed by atoms with E-state index in [-0.39, 0.29) is 5.41 Å². The number of nitrogens with zero attached hydrogens (tertiary/aromatic N) is 2. The predicted octanol–water partition coefficient (Wildman–Crippen LogP) is 0.885. The van der Waals surface area contributed by atoms with E-state index in [1.54, 1.807) is 6.08 Å². The van der Waals surface area contributed by atoms with E-state index in [0.29, 0.717) is 0 Å². The van der Waals surface area contributed by atoms with Crippen LogP contribution in [-0.4, -0.2) is 25.1 Å². The summed E-state index contributed by atoms with van der Waals surface area (Å²) in [7, 11) is 1.98. The van der Waals surface area contributed by atoms with Gasteiger partial charge in [0.15, 0.2) is 0 Å². The Bertz CT molecular complexity index is 647. The molecule has 0 bridgehead atoms. The van der Waals surface area contributed by atoms with Gasteiger partial charge in [0.1, 0.15) is 0 Å². The number of hydrogen-bond donors (Lipinski definition) is 2. The summed E-state index contributed by atoms with van der Waals surface area (Å²) in [5, 5.41) is 3.69. The molecule has 1 heterocycles. The first-order valence-corrected chi connectivity index (χ1v) is 6.52. The highest BCUT2D eigenvalue weighted by atomic mass is 16.2. The first-order chi connectivity index (χ1) is 9.85. The summed E-state index contributed by atoms with van der Waals surface area (Å²) in [6.45, 7) is 4.24. The predicted molar refractivity (Wildman–Crippen MR) is 81.8 cm³/mol. The second-order valence-electron chi connectivity index (χ2n) is 5.34. The number of amides is 2. The van der Waals surface area contributed by atoms with E-state index >= 15 is 0 Å². The Kier molecular flexibility index (Phi) is 3.80. The largest absolute Gasteiger partial charge is 0.361 e. The molecule has 110 valence electrons. The van der Waals surface area contributed by atoms with Crippen molar-refractivity contribution >= 4 is 23.7 Å². The fraction of sp³-hybridized carbons (Fsp3) is 0.267. The van der Waals surface area contributed by atoms with Gasteiger partial charge in [0, 0.05) is 30.1 Å². The molecule has 1 aromatic carbocycles. The van der Waals surface area contributed by atoms with Crippen molar-refractivity contribution in [2.45, 2.75) is 19.3 Å². The standard InChI is InChI=1S/C15H18N4O2/c1-15(2)10-6-4-5-7-11(10)19(3)12(15)8-9-17-18-14(21)13(16)20/h4-9H,1-3H3,(H2,16,20)(H,18,21)/b12-8+,17-9?. The number of para-hydroxylation sites is 1. The first-order valence-electron chi connectivity index (χ1n) is 6.52. The smallest absolute Gasteiger partial charge is 0.329 e. The number of fused-ring (bicyclic) bond motifs is 1. The Morgan fingerprint density at radius 2 is 2.00 bits per heavy atom. The van der Waals surface area contributed by atoms with E-state index in [1.807, 2.05) is 19.2 Å². The van der Waals surface area contributed by atoms with Gasteiger partial charge in [-0.05, 0) is 17.7 Å². The van der Waals surface area contributed by atoms with Crippen LogP contribution in [0.4, 0.5) is 5.69 Å². The van der Waals surface area contributed by atoms with Crippen LogP contribution in [-0.2, 0) is 15.0 Å². The molecule has 0 spiro atoms. The minimum absolute atomic E-state index is 0.162. The molecule has 0 saturated carbocycles. The molecule has 0 fully saturated rings. The third-order valence-corrected chi connectivity index (χ3v) is 3.64. The van der Waals surface area contributed by atoms with Gasteiger partial charge in [-0.3, -0.25) is 9.59 Å². The molecule has 0 radical (unpaired) electrons. The Morgan fingerprint density at radius 1 is 1.33 bits per heavy atom. The Balaban J connectivity index is 2.22. The van der Waals surface area contributed by atoms with Gasteiger partial charge in [-0.25, -0.2) is 5.43 Å². The summed E-state index contributed by atoms with van der Waals surface area (Å²) in [5.41, 5.74) is 10.1. The van der Waals surface area contributed by atoms with Crippen LogP contribution in [0.25, 0.3) is 0 Å². The van der Waals surface area contributed by atoms with Crippen LogP contribution in [0.1, 0.15) is 19.4 Å². The number of nitrogens with one attached hydrogen (secondary N) is 1. The van der Waals surface area contributed by atoms with Crippen molar-refractivity contribution in [1.29, 1.82) is 0 Å². The SMILES string of the molecule is CN1/C(=C/C=NNC(=O)C(N)=O)C(C)(C)c2ccccc21. The molecule has 2 amide bonds. The van der Waals surface area contributed by atoms with Crippen LogP contribution in [0.3, 0.4) is 0 Å². The van der Waals surface area contributed by atoms with Crippen LogP contribution in [0, 0.1) is 0 Å². The van der Waals surface area contributed by atoms with Gasteiger partial charge in [-0.2, -0.15) is 5.10 Å². The van der Waals surface area contributed by atoms with E-state index in [4.69, 9.17) is 5.73 Å². The van der Waals surface area contributed by atoms with E-state index in [2.05, 4.69) is 41.4 Å². The van der Waals surface area contributed by atoms with Gasteiger partial charge in [0.25, 0.3) is 0 Å². The lowest BCUT2D eigenvalue weighted by Gasteiger charge is -2.23. The third kappa shape index (κ3) is 2.65. The summed E-state index contributed by atoms with van der Waals surface area (Å²) in [5.74, 6) is -2.00. The van der Waals surface area contributed by atoms with Crippen molar-refractivity contribution in [3.63, 3.8) is 0 Å². The Hall–Kier alpha value is -2.63. The van der Waals surface area contributed by atoms with Gasteiger partial charge in [0.2, 0.25) is 0 Å². The lowest BCUT2D eigenvalue weighted by Crippen LogP contribution is -2.32. The van der Waals surface area contributed by atoms with Crippen molar-refractivity contribution in [1.82, 2.24) is 5.43 Å². The molecule has 1 aromatic rings. The van der Waals surface area contributed by atoms with Crippen LogP contribution in [0.2, 0.25) is 0 Å². The van der Waals surface area contributed by atoms with Crippen molar-refractivity contribution in [2.75, 3.05) is 11.9 Å². The maximum absolute atomic E-state index is 11.0. The maximum Gasteiger partial charge on any atom is 0.329 e. The molecular formula is C15H18N4O2. The minimum Gasteiger partial charge on any atom is -0.361 e. The second-order valence-corrected chi connectivity index (χ2v) is 5.34. The zero-order valence-corrected chi connectivity index (χ0v) is 12.3. The van der Waals surface area contributed by atoms with Crippen molar-refractivity contribution in [2.24, 2.45) is 10.8 Å². The number of carbonyl (C=O) groups excluding carboxylic acids is 2. The Morgan fingerprint density at radius 3 is 2.62 bits per heavy atom. The molecule has 0 aliphatic carbocycles. The van der Waals surface area contributed by atoms with Crippen LogP contribution >= 0.6 is 0 Å². The molecule has 0 atom stereocenters. The van der Waals surface area contributed by atoms with Crippen LogP contribution in [0.5, 0.6) is 0 Å². The lowest BCUT2D eigenvalue weighted by molar-refractivity contribution is -0.137. The van der Waals surface area contributed by atoms with E-state index in [1.165, 1.54) is 11.8 Å². The first kappa shape index (κ1) is 14.8. The molecule has 6 heteroatoms. The highest BCUT2D eigenvalue weighted by Gasteiger charge is 2.37. The fourth-order valence-electron chi connectivity index (χ4n) is 2.56. The van der Waals surface area contributed by atoms with Gasteiger partial charge in [0.05, 0.1) is 0 Å². The molecule has 2 rings (SSSR count). The molecule has 0 unspecified atom stereocenters. The normalized spacial score (nSPS) is 18.0. The van der Waals surface area contributed by atoms with Gasteiger partial charge in [-0.15, -0.1) is 0 Å². The molecule has 21 heavy (non-hydrogen) atoms. The average molecular weight is 286 g/mol. The highest BCUT2D eigenvalue weighted by Crippen LogP contribution is 2.46. The fourth-order valence-corrected chi connectivity index (χ4v) is 2.56. The monoisotopic (exact) mass is 286 g/mol. The molecule has 0 saturated heterocycles. The number of allylic oxidation sites excluding steroid dienone is 2. The summed E-state index contributed by atoms with van der Waals surface area (Å²) < 4.78 is 0. The summed E-state index contributed by atoms with van der Waals surface area (Å²) >= 11 is 0. The van der Waals surface area contributed by atoms with Crippen molar-refractivity contribution in [3.8, 4) is 0 Å². The van der Waals surface area contributed by atoms with Crippen molar-refractivity contribution in [3.05, 3.63) is 41.6 Å². The molecule has 0 aromatic heterocycles. The zero-order chi connectivity index (χ0) is 15.6. The van der Waals surface area contributed by atoms with Crippen LogP contribution < -0.4 is 16.1 Å². The van der Waals surface area contributed by atoms with E-state index < -0.39 is 11.8 Å². The zero-order valence-electron chi connectivity index (χ0n) is 12.3. The molecular weight excluding hydrogens is 268 g/mol. The second kappa shape index (κ2) is 5.40. The van der Waals surface area contributed by atoms with Crippen LogP contribution in [0.15, 0.2) is 41.1 Å². The Labute approximate surface area is 123 Å². The highest BCUT2D eigenvalue weighted by molar-refractivity contribution is 6.34. The number of nitrogens with two attached hydrogens (primary N) is 1. The minimum atomic E-state index is -1.06. The number of anilines is 1. The number of likely N-dealkylation sites (N-methyl/N-ethyl adjacent to an activating group) is 1. The van der Waals surface area contributed by atoms with Gasteiger partial charge < -0.3 is 10.6 Å². The van der Waals surface area contributed by atoms with Gasteiger partial charge in [-0.1, -0.05) is 32.0 Å². The number of rotatable bonds is 2. The van der Waals surface area contributed by atoms with Crippen molar-refractivity contribution < 1.29 is 9.59 Å². The molecule has 1 aliphatic heterocycles. The number of hydrogen-bond acceptors (Lipinski definition) is 4. The quantitative estimate of drug-likeness (QED) is 0.481. The topological polar surface area (TPSA) is 87.8 Å². The maximum atomic E-state index is 11.0. The number of benzene rings is 1. The van der Waals surface area contributed by atoms with E-state index in [9.17, 15) is 9.59 Å². The lowest BCUT2D eigenvalue weighted by atomic mass is 9.84. The van der Waals surface area contributed by atoms with E-state index in [0.717, 1.165) is 11.4 Å². The molecule has 3 N–H and O–H groups in total. The summed E-state index contributed by atoms with van der Waals surface area (Å²) in [6, 6.07) is 8.16. The number of carbonyl (C=O) groups is 2. The summed E-state index contributed by atoms with van der Waals surface area (Å²) in [6.07, 6.45) is 3.25. The molecule has 1 aliphatic rings. The molecule has 6 nitrogen and oxygen atoms in total.